The number of rotatable bonds is 0. The summed E-state index contributed by atoms with van der Waals surface area (Å²) < 4.78 is 8.01. The monoisotopic (exact) mass is 315 g/mol. The summed E-state index contributed by atoms with van der Waals surface area (Å²) in [5.74, 6) is 0.787. The van der Waals surface area contributed by atoms with Crippen molar-refractivity contribution in [3.8, 4) is 0 Å². The fourth-order valence-electron chi connectivity index (χ4n) is 1.98. The number of fused-ring (bicyclic) bond motifs is 1. The molecule has 0 spiro atoms. The van der Waals surface area contributed by atoms with Crippen LogP contribution in [0, 0.1) is 0 Å². The van der Waals surface area contributed by atoms with Crippen LogP contribution in [-0.4, -0.2) is 27.5 Å². The zero-order valence-electron chi connectivity index (χ0n) is 11.1. The third-order valence-corrected chi connectivity index (χ3v) is 3.15. The molecular weight excluding hydrogens is 298 g/mol. The van der Waals surface area contributed by atoms with Crippen molar-refractivity contribution in [2.75, 3.05) is 4.90 Å². The van der Waals surface area contributed by atoms with E-state index in [1.54, 1.807) is 4.90 Å². The minimum Gasteiger partial charge on any atom is -0.443 e. The number of halogens is 1. The van der Waals surface area contributed by atoms with Gasteiger partial charge in [0.15, 0.2) is 0 Å². The predicted octanol–water partition coefficient (Wildman–Crippen LogP) is 3.18. The average Bonchev–Trinajstić information content (AvgIpc) is 2.54. The summed E-state index contributed by atoms with van der Waals surface area (Å²) in [5, 5.41) is 4.30. The van der Waals surface area contributed by atoms with Crippen molar-refractivity contribution in [2.24, 2.45) is 0 Å². The van der Waals surface area contributed by atoms with E-state index in [2.05, 4.69) is 21.0 Å². The molecule has 1 unspecified atom stereocenters. The van der Waals surface area contributed by atoms with Gasteiger partial charge in [0, 0.05) is 18.7 Å². The van der Waals surface area contributed by atoms with Crippen molar-refractivity contribution >= 4 is 27.8 Å². The lowest BCUT2D eigenvalue weighted by Gasteiger charge is -2.34. The van der Waals surface area contributed by atoms with Crippen molar-refractivity contribution in [2.45, 2.75) is 52.3 Å². The van der Waals surface area contributed by atoms with Crippen LogP contribution in [0.3, 0.4) is 0 Å². The van der Waals surface area contributed by atoms with E-state index in [1.807, 2.05) is 38.4 Å². The van der Waals surface area contributed by atoms with Gasteiger partial charge in [-0.3, -0.25) is 4.90 Å². The molecule has 0 saturated carbocycles. The quantitative estimate of drug-likeness (QED) is 0.738. The summed E-state index contributed by atoms with van der Waals surface area (Å²) in [5.41, 5.74) is -0.490. The number of ether oxygens (including phenoxy) is 1. The van der Waals surface area contributed by atoms with Crippen LogP contribution in [-0.2, 0) is 11.3 Å². The highest BCUT2D eigenvalue weighted by Crippen LogP contribution is 2.29. The molecule has 1 aliphatic heterocycles. The molecule has 5 nitrogen and oxygen atoms in total. The lowest BCUT2D eigenvalue weighted by molar-refractivity contribution is 0.0557. The first-order chi connectivity index (χ1) is 8.28. The first-order valence-electron chi connectivity index (χ1n) is 6.03. The number of carbonyl (C=O) groups excluding carboxylic acids is 1. The highest BCUT2D eigenvalue weighted by atomic mass is 79.9. The predicted molar refractivity (Wildman–Crippen MR) is 72.7 cm³/mol. The number of anilines is 1. The Bertz CT molecular complexity index is 464. The molecule has 1 atom stereocenters. The first-order valence-corrected chi connectivity index (χ1v) is 6.83. The standard InChI is InChI=1S/C12H18BrN3O2/c1-8-5-6-15-10(7-9(13)14-15)16(8)11(17)18-12(2,3)4/h7-8H,5-6H2,1-4H3. The number of aryl methyl sites for hydroxylation is 1. The van der Waals surface area contributed by atoms with Crippen molar-refractivity contribution in [3.63, 3.8) is 0 Å². The van der Waals surface area contributed by atoms with E-state index < -0.39 is 5.60 Å². The average molecular weight is 316 g/mol. The fourth-order valence-corrected chi connectivity index (χ4v) is 2.38. The van der Waals surface area contributed by atoms with Crippen LogP contribution >= 0.6 is 15.9 Å². The van der Waals surface area contributed by atoms with Crippen LogP contribution < -0.4 is 4.90 Å². The summed E-state index contributed by atoms with van der Waals surface area (Å²) in [6.07, 6.45) is 0.559. The zero-order valence-corrected chi connectivity index (χ0v) is 12.7. The molecule has 100 valence electrons. The second-order valence-electron chi connectivity index (χ2n) is 5.54. The fraction of sp³-hybridized carbons (Fsp3) is 0.667. The third-order valence-electron chi connectivity index (χ3n) is 2.77. The van der Waals surface area contributed by atoms with E-state index in [9.17, 15) is 4.79 Å². The Kier molecular flexibility index (Phi) is 3.40. The summed E-state index contributed by atoms with van der Waals surface area (Å²) in [6, 6.07) is 1.97. The number of nitrogens with zero attached hydrogens (tertiary/aromatic N) is 3. The number of hydrogen-bond donors (Lipinski definition) is 0. The molecule has 0 fully saturated rings. The van der Waals surface area contributed by atoms with Crippen molar-refractivity contribution in [1.82, 2.24) is 9.78 Å². The SMILES string of the molecule is CC1CCn2nc(Br)cc2N1C(=O)OC(C)(C)C. The number of hydrogen-bond acceptors (Lipinski definition) is 3. The summed E-state index contributed by atoms with van der Waals surface area (Å²) in [6.45, 7) is 8.45. The Morgan fingerprint density at radius 2 is 2.22 bits per heavy atom. The molecule has 0 aliphatic carbocycles. The summed E-state index contributed by atoms with van der Waals surface area (Å²) in [4.78, 5) is 13.9. The molecule has 0 bridgehead atoms. The molecule has 2 rings (SSSR count). The van der Waals surface area contributed by atoms with Gasteiger partial charge < -0.3 is 4.74 Å². The van der Waals surface area contributed by atoms with Gasteiger partial charge in [-0.05, 0) is 50.0 Å². The summed E-state index contributed by atoms with van der Waals surface area (Å²) >= 11 is 3.34. The van der Waals surface area contributed by atoms with Crippen molar-refractivity contribution < 1.29 is 9.53 Å². The van der Waals surface area contributed by atoms with E-state index in [-0.39, 0.29) is 12.1 Å². The normalized spacial score (nSPS) is 19.6. The molecule has 0 saturated heterocycles. The van der Waals surface area contributed by atoms with Crippen LogP contribution in [0.15, 0.2) is 10.7 Å². The van der Waals surface area contributed by atoms with E-state index in [0.717, 1.165) is 23.4 Å². The lowest BCUT2D eigenvalue weighted by Crippen LogP contribution is -2.46. The van der Waals surface area contributed by atoms with Gasteiger partial charge >= 0.3 is 6.09 Å². The lowest BCUT2D eigenvalue weighted by atomic mass is 10.1. The van der Waals surface area contributed by atoms with E-state index >= 15 is 0 Å². The molecule has 2 heterocycles. The van der Waals surface area contributed by atoms with Crippen LogP contribution in [0.1, 0.15) is 34.1 Å². The van der Waals surface area contributed by atoms with E-state index in [1.165, 1.54) is 0 Å². The topological polar surface area (TPSA) is 47.4 Å². The third kappa shape index (κ3) is 2.68. The highest BCUT2D eigenvalue weighted by Gasteiger charge is 2.33. The van der Waals surface area contributed by atoms with E-state index in [4.69, 9.17) is 4.74 Å². The molecule has 6 heteroatoms. The summed E-state index contributed by atoms with van der Waals surface area (Å²) in [7, 11) is 0. The molecule has 0 radical (unpaired) electrons. The van der Waals surface area contributed by atoms with Crippen LogP contribution in [0.2, 0.25) is 0 Å². The number of aromatic nitrogens is 2. The Morgan fingerprint density at radius 1 is 1.56 bits per heavy atom. The minimum atomic E-state index is -0.490. The van der Waals surface area contributed by atoms with Gasteiger partial charge in [0.1, 0.15) is 16.0 Å². The first kappa shape index (κ1) is 13.4. The van der Waals surface area contributed by atoms with Gasteiger partial charge in [0.25, 0.3) is 0 Å². The van der Waals surface area contributed by atoms with Gasteiger partial charge in [-0.1, -0.05) is 0 Å². The molecule has 1 aromatic rings. The molecular formula is C12H18BrN3O2. The molecule has 0 N–H and O–H groups in total. The Balaban J connectivity index is 2.29. The van der Waals surface area contributed by atoms with Gasteiger partial charge in [0.05, 0.1) is 0 Å². The van der Waals surface area contributed by atoms with Crippen molar-refractivity contribution in [1.29, 1.82) is 0 Å². The largest absolute Gasteiger partial charge is 0.443 e. The Hall–Kier alpha value is -1.04. The van der Waals surface area contributed by atoms with Gasteiger partial charge in [-0.25, -0.2) is 9.48 Å². The maximum atomic E-state index is 12.2. The molecule has 18 heavy (non-hydrogen) atoms. The molecule has 1 aliphatic rings. The molecule has 1 amide bonds. The minimum absolute atomic E-state index is 0.121. The number of carbonyl (C=O) groups is 1. The Labute approximate surface area is 115 Å². The molecule has 0 aromatic carbocycles. The van der Waals surface area contributed by atoms with Crippen LogP contribution in [0.5, 0.6) is 0 Å². The maximum Gasteiger partial charge on any atom is 0.416 e. The van der Waals surface area contributed by atoms with Crippen LogP contribution in [0.4, 0.5) is 10.6 Å². The Morgan fingerprint density at radius 3 is 2.83 bits per heavy atom. The number of amides is 1. The van der Waals surface area contributed by atoms with E-state index in [0.29, 0.717) is 0 Å². The van der Waals surface area contributed by atoms with Crippen LogP contribution in [0.25, 0.3) is 0 Å². The highest BCUT2D eigenvalue weighted by molar-refractivity contribution is 9.10. The second kappa shape index (κ2) is 4.57. The maximum absolute atomic E-state index is 12.2. The second-order valence-corrected chi connectivity index (χ2v) is 6.35. The zero-order chi connectivity index (χ0) is 13.5. The van der Waals surface area contributed by atoms with Gasteiger partial charge in [-0.15, -0.1) is 0 Å². The smallest absolute Gasteiger partial charge is 0.416 e. The van der Waals surface area contributed by atoms with Crippen molar-refractivity contribution in [3.05, 3.63) is 10.7 Å². The van der Waals surface area contributed by atoms with Gasteiger partial charge in [0.2, 0.25) is 0 Å². The van der Waals surface area contributed by atoms with Gasteiger partial charge in [-0.2, -0.15) is 5.10 Å². The molecule has 1 aromatic heterocycles.